The van der Waals surface area contributed by atoms with Gasteiger partial charge in [-0.1, -0.05) is 36.4 Å². The zero-order valence-electron chi connectivity index (χ0n) is 22.8. The van der Waals surface area contributed by atoms with Crippen molar-refractivity contribution in [3.05, 3.63) is 105 Å². The van der Waals surface area contributed by atoms with Gasteiger partial charge in [-0.2, -0.15) is 0 Å². The van der Waals surface area contributed by atoms with Crippen molar-refractivity contribution in [3.63, 3.8) is 0 Å². The highest BCUT2D eigenvalue weighted by atomic mass is 16.6. The standard InChI is InChI=1S/C31H34N4O3/c1-19-15-25(20(2)32-26-14-10-9-13-24(26)30(37)38-31(4,5)6)29-33-27(16-28(36)35(29)17-19)34-18-22-11-7-8-12-23(22)21(34)3/h7-17,20-21,32H,18H2,1-6H3/t20-,21-/m1/s1. The Kier molecular flexibility index (Phi) is 6.47. The average molecular weight is 511 g/mol. The predicted molar refractivity (Wildman–Crippen MR) is 151 cm³/mol. The summed E-state index contributed by atoms with van der Waals surface area (Å²) in [5.74, 6) is 0.270. The molecular formula is C31H34N4O3. The Balaban J connectivity index is 1.53. The summed E-state index contributed by atoms with van der Waals surface area (Å²) in [5.41, 5.74) is 5.31. The van der Waals surface area contributed by atoms with Crippen molar-refractivity contribution in [1.29, 1.82) is 0 Å². The van der Waals surface area contributed by atoms with Crippen LogP contribution >= 0.6 is 0 Å². The number of nitrogens with zero attached hydrogens (tertiary/aromatic N) is 3. The summed E-state index contributed by atoms with van der Waals surface area (Å²) >= 11 is 0. The van der Waals surface area contributed by atoms with Crippen molar-refractivity contribution in [1.82, 2.24) is 9.38 Å². The van der Waals surface area contributed by atoms with Gasteiger partial charge in [0.2, 0.25) is 0 Å². The first-order valence-corrected chi connectivity index (χ1v) is 13.0. The van der Waals surface area contributed by atoms with Crippen LogP contribution in [0.2, 0.25) is 0 Å². The van der Waals surface area contributed by atoms with Crippen LogP contribution in [0, 0.1) is 6.92 Å². The number of hydrogen-bond donors (Lipinski definition) is 1. The Labute approximate surface area is 223 Å². The van der Waals surface area contributed by atoms with Crippen LogP contribution in [0.3, 0.4) is 0 Å². The molecule has 0 fully saturated rings. The second-order valence-corrected chi connectivity index (χ2v) is 11.0. The van der Waals surface area contributed by atoms with Gasteiger partial charge < -0.3 is 15.0 Å². The van der Waals surface area contributed by atoms with Crippen molar-refractivity contribution in [3.8, 4) is 0 Å². The molecule has 38 heavy (non-hydrogen) atoms. The molecule has 2 aromatic carbocycles. The molecule has 0 bridgehead atoms. The first kappa shape index (κ1) is 25.5. The predicted octanol–water partition coefficient (Wildman–Crippen LogP) is 6.21. The van der Waals surface area contributed by atoms with Crippen LogP contribution in [-0.4, -0.2) is 21.0 Å². The summed E-state index contributed by atoms with van der Waals surface area (Å²) in [7, 11) is 0. The molecule has 0 saturated heterocycles. The number of aryl methyl sites for hydroxylation is 1. The van der Waals surface area contributed by atoms with Crippen LogP contribution in [0.5, 0.6) is 0 Å². The molecule has 0 saturated carbocycles. The third-order valence-electron chi connectivity index (χ3n) is 6.90. The van der Waals surface area contributed by atoms with Gasteiger partial charge in [0, 0.05) is 30.1 Å². The molecule has 1 aliphatic heterocycles. The van der Waals surface area contributed by atoms with Gasteiger partial charge in [-0.15, -0.1) is 0 Å². The molecule has 7 nitrogen and oxygen atoms in total. The van der Waals surface area contributed by atoms with Crippen LogP contribution in [0.15, 0.2) is 71.7 Å². The van der Waals surface area contributed by atoms with E-state index in [2.05, 4.69) is 29.3 Å². The van der Waals surface area contributed by atoms with Crippen LogP contribution in [0.25, 0.3) is 5.65 Å². The van der Waals surface area contributed by atoms with Gasteiger partial charge in [0.15, 0.2) is 0 Å². The van der Waals surface area contributed by atoms with Crippen molar-refractivity contribution < 1.29 is 9.53 Å². The molecule has 2 atom stereocenters. The van der Waals surface area contributed by atoms with Crippen LogP contribution < -0.4 is 15.8 Å². The zero-order chi connectivity index (χ0) is 27.2. The molecule has 7 heteroatoms. The summed E-state index contributed by atoms with van der Waals surface area (Å²) in [6.45, 7) is 12.4. The fourth-order valence-corrected chi connectivity index (χ4v) is 5.11. The number of pyridine rings is 1. The maximum absolute atomic E-state index is 13.3. The Morgan fingerprint density at radius 3 is 2.55 bits per heavy atom. The fraction of sp³-hybridized carbons (Fsp3) is 0.323. The van der Waals surface area contributed by atoms with Crippen molar-refractivity contribution in [2.75, 3.05) is 10.2 Å². The van der Waals surface area contributed by atoms with E-state index in [9.17, 15) is 9.59 Å². The largest absolute Gasteiger partial charge is 0.456 e. The Morgan fingerprint density at radius 2 is 1.82 bits per heavy atom. The second kappa shape index (κ2) is 9.63. The number of rotatable bonds is 5. The summed E-state index contributed by atoms with van der Waals surface area (Å²) < 4.78 is 7.24. The van der Waals surface area contributed by atoms with Gasteiger partial charge in [0.1, 0.15) is 17.1 Å². The van der Waals surface area contributed by atoms with Crippen molar-refractivity contribution in [2.45, 2.75) is 65.8 Å². The number of esters is 1. The van der Waals surface area contributed by atoms with E-state index in [0.29, 0.717) is 29.3 Å². The molecule has 1 N–H and O–H groups in total. The summed E-state index contributed by atoms with van der Waals surface area (Å²) in [6.07, 6.45) is 1.82. The van der Waals surface area contributed by atoms with Gasteiger partial charge in [0.25, 0.3) is 5.56 Å². The average Bonchev–Trinajstić information content (AvgIpc) is 3.19. The summed E-state index contributed by atoms with van der Waals surface area (Å²) in [5, 5.41) is 3.47. The zero-order valence-corrected chi connectivity index (χ0v) is 22.8. The lowest BCUT2D eigenvalue weighted by molar-refractivity contribution is 0.00706. The number of para-hydroxylation sites is 1. The van der Waals surface area contributed by atoms with Gasteiger partial charge >= 0.3 is 5.97 Å². The number of carbonyl (C=O) groups excluding carboxylic acids is 1. The minimum atomic E-state index is -0.601. The number of anilines is 2. The van der Waals surface area contributed by atoms with Crippen molar-refractivity contribution in [2.24, 2.45) is 0 Å². The lowest BCUT2D eigenvalue weighted by Gasteiger charge is -2.25. The molecule has 196 valence electrons. The Morgan fingerprint density at radius 1 is 1.11 bits per heavy atom. The minimum Gasteiger partial charge on any atom is -0.456 e. The highest BCUT2D eigenvalue weighted by Crippen LogP contribution is 2.36. The summed E-state index contributed by atoms with van der Waals surface area (Å²) in [6, 6.07) is 19.2. The molecular weight excluding hydrogens is 476 g/mol. The molecule has 0 amide bonds. The maximum atomic E-state index is 13.3. The van der Waals surface area contributed by atoms with E-state index in [4.69, 9.17) is 9.72 Å². The van der Waals surface area contributed by atoms with E-state index in [0.717, 1.165) is 11.1 Å². The first-order chi connectivity index (χ1) is 18.0. The third-order valence-corrected chi connectivity index (χ3v) is 6.90. The van der Waals surface area contributed by atoms with Crippen molar-refractivity contribution >= 4 is 23.1 Å². The van der Waals surface area contributed by atoms with E-state index in [1.807, 2.05) is 77.2 Å². The molecule has 0 spiro atoms. The quantitative estimate of drug-likeness (QED) is 0.322. The van der Waals surface area contributed by atoms with Crippen LogP contribution in [0.1, 0.15) is 79.3 Å². The normalized spacial score (nSPS) is 15.8. The number of nitrogens with one attached hydrogen (secondary N) is 1. The SMILES string of the molecule is Cc1cc([C@@H](C)Nc2ccccc2C(=O)OC(C)(C)C)c2nc(N3Cc4ccccc4[C@H]3C)cc(=O)n2c1. The highest BCUT2D eigenvalue weighted by Gasteiger charge is 2.28. The molecule has 1 aliphatic rings. The Bertz CT molecular complexity index is 1580. The molecule has 3 heterocycles. The highest BCUT2D eigenvalue weighted by molar-refractivity contribution is 5.96. The first-order valence-electron chi connectivity index (χ1n) is 13.0. The monoisotopic (exact) mass is 510 g/mol. The molecule has 0 radical (unpaired) electrons. The number of benzene rings is 2. The number of hydrogen-bond acceptors (Lipinski definition) is 6. The van der Waals surface area contributed by atoms with Gasteiger partial charge in [-0.05, 0) is 76.4 Å². The third kappa shape index (κ3) is 4.88. The molecule has 2 aromatic heterocycles. The van der Waals surface area contributed by atoms with E-state index < -0.39 is 5.60 Å². The lowest BCUT2D eigenvalue weighted by atomic mass is 10.1. The van der Waals surface area contributed by atoms with Gasteiger partial charge in [0.05, 0.1) is 17.6 Å². The number of ether oxygens (including phenoxy) is 1. The van der Waals surface area contributed by atoms with Gasteiger partial charge in [-0.3, -0.25) is 9.20 Å². The van der Waals surface area contributed by atoms with E-state index >= 15 is 0 Å². The van der Waals surface area contributed by atoms with E-state index in [-0.39, 0.29) is 23.6 Å². The minimum absolute atomic E-state index is 0.116. The number of aromatic nitrogens is 2. The maximum Gasteiger partial charge on any atom is 0.340 e. The van der Waals surface area contributed by atoms with E-state index in [1.165, 1.54) is 11.1 Å². The topological polar surface area (TPSA) is 75.9 Å². The molecule has 4 aromatic rings. The Hall–Kier alpha value is -4.13. The molecule has 0 aliphatic carbocycles. The lowest BCUT2D eigenvalue weighted by Crippen LogP contribution is -2.26. The molecule has 0 unspecified atom stereocenters. The number of carbonyl (C=O) groups is 1. The fourth-order valence-electron chi connectivity index (χ4n) is 5.11. The van der Waals surface area contributed by atoms with Crippen LogP contribution in [0.4, 0.5) is 11.5 Å². The summed E-state index contributed by atoms with van der Waals surface area (Å²) in [4.78, 5) is 33.4. The molecule has 5 rings (SSSR count). The van der Waals surface area contributed by atoms with Gasteiger partial charge in [-0.25, -0.2) is 9.78 Å². The smallest absolute Gasteiger partial charge is 0.340 e. The van der Waals surface area contributed by atoms with Crippen LogP contribution in [-0.2, 0) is 11.3 Å². The second-order valence-electron chi connectivity index (χ2n) is 11.0. The number of fused-ring (bicyclic) bond motifs is 2. The van der Waals surface area contributed by atoms with E-state index in [1.54, 1.807) is 16.5 Å².